The van der Waals surface area contributed by atoms with E-state index in [1.54, 1.807) is 13.8 Å². The van der Waals surface area contributed by atoms with E-state index in [1.165, 1.54) is 42.7 Å². The maximum absolute atomic E-state index is 12.5. The van der Waals surface area contributed by atoms with Gasteiger partial charge >= 0.3 is 5.91 Å². The van der Waals surface area contributed by atoms with E-state index in [0.29, 0.717) is 0 Å². The van der Waals surface area contributed by atoms with Gasteiger partial charge in [-0.25, -0.2) is 8.42 Å². The smallest absolute Gasteiger partial charge is 0.305 e. The number of rotatable bonds is 6. The molecule has 0 fully saturated rings. The van der Waals surface area contributed by atoms with E-state index >= 15 is 0 Å². The molecule has 1 aromatic heterocycles. The van der Waals surface area contributed by atoms with Crippen molar-refractivity contribution in [1.29, 1.82) is 0 Å². The summed E-state index contributed by atoms with van der Waals surface area (Å²) >= 11 is 5.82. The lowest BCUT2D eigenvalue weighted by Gasteiger charge is -2.21. The van der Waals surface area contributed by atoms with Gasteiger partial charge in [0.25, 0.3) is 5.91 Å². The Morgan fingerprint density at radius 1 is 1.12 bits per heavy atom. The van der Waals surface area contributed by atoms with Crippen molar-refractivity contribution in [2.45, 2.75) is 24.8 Å². The van der Waals surface area contributed by atoms with Gasteiger partial charge in [-0.15, -0.1) is 0 Å². The minimum absolute atomic E-state index is 0.00547. The normalized spacial score (nSPS) is 12.6. The summed E-state index contributed by atoms with van der Waals surface area (Å²) in [7, 11) is -3.98. The molecule has 10 heteroatoms. The third kappa shape index (κ3) is 5.07. The van der Waals surface area contributed by atoms with Crippen molar-refractivity contribution in [3.8, 4) is 0 Å². The quantitative estimate of drug-likeness (QED) is 0.639. The highest BCUT2D eigenvalue weighted by Crippen LogP contribution is 2.16. The van der Waals surface area contributed by atoms with Crippen molar-refractivity contribution >= 4 is 33.4 Å². The van der Waals surface area contributed by atoms with E-state index in [1.807, 2.05) is 0 Å². The van der Waals surface area contributed by atoms with Gasteiger partial charge in [0.1, 0.15) is 6.04 Å². The molecule has 0 unspecified atom stereocenters. The lowest BCUT2D eigenvalue weighted by Crippen LogP contribution is -2.54. The molecule has 0 spiro atoms. The van der Waals surface area contributed by atoms with Gasteiger partial charge in [0, 0.05) is 5.02 Å². The van der Waals surface area contributed by atoms with Crippen LogP contribution in [0.4, 0.5) is 0 Å². The van der Waals surface area contributed by atoms with Crippen LogP contribution in [0.3, 0.4) is 0 Å². The number of hydrogen-bond donors (Lipinski definition) is 3. The van der Waals surface area contributed by atoms with Crippen molar-refractivity contribution in [3.63, 3.8) is 0 Å². The fourth-order valence-corrected chi connectivity index (χ4v) is 3.67. The number of hydrazine groups is 1. The Morgan fingerprint density at radius 3 is 2.42 bits per heavy atom. The molecule has 0 saturated carbocycles. The summed E-state index contributed by atoms with van der Waals surface area (Å²) < 4.78 is 32.2. The first-order valence-corrected chi connectivity index (χ1v) is 9.48. The highest BCUT2D eigenvalue weighted by Gasteiger charge is 2.29. The molecule has 140 valence electrons. The van der Waals surface area contributed by atoms with Crippen LogP contribution in [-0.4, -0.2) is 26.3 Å². The number of benzene rings is 1. The van der Waals surface area contributed by atoms with Crippen molar-refractivity contribution in [2.24, 2.45) is 5.92 Å². The molecule has 2 amide bonds. The standard InChI is InChI=1S/C16H18ClN3O5S/c1-10(2)14(16(22)19-18-15(21)13-7-4-8-25-13)20-26(23,24)12-6-3-5-11(17)9-12/h3-10,14,20H,1-2H3,(H,18,21)(H,19,22)/t14-/m1/s1. The van der Waals surface area contributed by atoms with Crippen LogP contribution in [0.2, 0.25) is 5.02 Å². The predicted molar refractivity (Wildman–Crippen MR) is 94.7 cm³/mol. The number of nitrogens with one attached hydrogen (secondary N) is 3. The van der Waals surface area contributed by atoms with Crippen LogP contribution in [0.15, 0.2) is 52.0 Å². The highest BCUT2D eigenvalue weighted by molar-refractivity contribution is 7.89. The van der Waals surface area contributed by atoms with Crippen LogP contribution in [-0.2, 0) is 14.8 Å². The zero-order valence-corrected chi connectivity index (χ0v) is 15.6. The molecular formula is C16H18ClN3O5S. The molecule has 2 rings (SSSR count). The molecule has 0 radical (unpaired) electrons. The summed E-state index contributed by atoms with van der Waals surface area (Å²) in [5.41, 5.74) is 4.35. The summed E-state index contributed by atoms with van der Waals surface area (Å²) in [5, 5.41) is 0.254. The molecule has 0 saturated heterocycles. The minimum atomic E-state index is -3.98. The Bertz CT molecular complexity index is 881. The summed E-state index contributed by atoms with van der Waals surface area (Å²) in [6.45, 7) is 3.33. The lowest BCUT2D eigenvalue weighted by molar-refractivity contribution is -0.124. The van der Waals surface area contributed by atoms with Crippen LogP contribution in [0.1, 0.15) is 24.4 Å². The van der Waals surface area contributed by atoms with Crippen LogP contribution in [0.5, 0.6) is 0 Å². The Morgan fingerprint density at radius 2 is 1.85 bits per heavy atom. The zero-order valence-electron chi connectivity index (χ0n) is 14.0. The van der Waals surface area contributed by atoms with Crippen LogP contribution >= 0.6 is 11.6 Å². The molecule has 26 heavy (non-hydrogen) atoms. The van der Waals surface area contributed by atoms with E-state index in [9.17, 15) is 18.0 Å². The minimum Gasteiger partial charge on any atom is -0.459 e. The van der Waals surface area contributed by atoms with E-state index in [4.69, 9.17) is 16.0 Å². The SMILES string of the molecule is CC(C)[C@@H](NS(=O)(=O)c1cccc(Cl)c1)C(=O)NNC(=O)c1ccco1. The third-order valence-electron chi connectivity index (χ3n) is 3.38. The Hall–Kier alpha value is -2.36. The van der Waals surface area contributed by atoms with Gasteiger partial charge in [-0.2, -0.15) is 4.72 Å². The summed E-state index contributed by atoms with van der Waals surface area (Å²) in [5.74, 6) is -1.76. The van der Waals surface area contributed by atoms with Gasteiger partial charge in [-0.05, 0) is 36.2 Å². The second kappa shape index (κ2) is 8.35. The molecule has 1 aromatic carbocycles. The summed E-state index contributed by atoms with van der Waals surface area (Å²) in [6, 6.07) is 7.49. The molecule has 0 aliphatic carbocycles. The number of amides is 2. The first-order chi connectivity index (χ1) is 12.2. The number of hydrogen-bond acceptors (Lipinski definition) is 5. The van der Waals surface area contributed by atoms with Gasteiger partial charge in [0.2, 0.25) is 10.0 Å². The van der Waals surface area contributed by atoms with Crippen LogP contribution < -0.4 is 15.6 Å². The number of carbonyl (C=O) groups is 2. The molecule has 0 bridgehead atoms. The fraction of sp³-hybridized carbons (Fsp3) is 0.250. The van der Waals surface area contributed by atoms with Gasteiger partial charge in [0.15, 0.2) is 5.76 Å². The number of sulfonamides is 1. The fourth-order valence-electron chi connectivity index (χ4n) is 2.03. The van der Waals surface area contributed by atoms with Gasteiger partial charge in [-0.3, -0.25) is 20.4 Å². The average molecular weight is 400 g/mol. The monoisotopic (exact) mass is 399 g/mol. The largest absolute Gasteiger partial charge is 0.459 e. The topological polar surface area (TPSA) is 118 Å². The molecular weight excluding hydrogens is 382 g/mol. The average Bonchev–Trinajstić information content (AvgIpc) is 3.11. The molecule has 0 aliphatic rings. The first kappa shape index (κ1) is 20.0. The van der Waals surface area contributed by atoms with Gasteiger partial charge < -0.3 is 4.42 Å². The Labute approximate surface area is 155 Å². The second-order valence-electron chi connectivity index (χ2n) is 5.72. The summed E-state index contributed by atoms with van der Waals surface area (Å²) in [6.07, 6.45) is 1.31. The maximum Gasteiger partial charge on any atom is 0.305 e. The highest BCUT2D eigenvalue weighted by atomic mass is 35.5. The van der Waals surface area contributed by atoms with Crippen molar-refractivity contribution < 1.29 is 22.4 Å². The molecule has 0 aliphatic heterocycles. The first-order valence-electron chi connectivity index (χ1n) is 7.62. The van der Waals surface area contributed by atoms with Crippen molar-refractivity contribution in [3.05, 3.63) is 53.4 Å². The van der Waals surface area contributed by atoms with Gasteiger partial charge in [0.05, 0.1) is 11.2 Å². The predicted octanol–water partition coefficient (Wildman–Crippen LogP) is 1.70. The maximum atomic E-state index is 12.5. The molecule has 2 aromatic rings. The summed E-state index contributed by atoms with van der Waals surface area (Å²) in [4.78, 5) is 24.0. The Balaban J connectivity index is 2.08. The second-order valence-corrected chi connectivity index (χ2v) is 7.87. The van der Waals surface area contributed by atoms with E-state index in [2.05, 4.69) is 15.6 Å². The lowest BCUT2D eigenvalue weighted by atomic mass is 10.1. The third-order valence-corrected chi connectivity index (χ3v) is 5.06. The molecule has 1 heterocycles. The zero-order chi connectivity index (χ0) is 19.3. The molecule has 1 atom stereocenters. The van der Waals surface area contributed by atoms with Crippen LogP contribution in [0, 0.1) is 5.92 Å². The van der Waals surface area contributed by atoms with E-state index in [0.717, 1.165) is 0 Å². The Kier molecular flexibility index (Phi) is 6.41. The molecule has 8 nitrogen and oxygen atoms in total. The van der Waals surface area contributed by atoms with Crippen LogP contribution in [0.25, 0.3) is 0 Å². The number of furan rings is 1. The molecule has 3 N–H and O–H groups in total. The van der Waals surface area contributed by atoms with Crippen molar-refractivity contribution in [1.82, 2.24) is 15.6 Å². The van der Waals surface area contributed by atoms with Gasteiger partial charge in [-0.1, -0.05) is 31.5 Å². The van der Waals surface area contributed by atoms with Crippen molar-refractivity contribution in [2.75, 3.05) is 0 Å². The number of halogens is 1. The van der Waals surface area contributed by atoms with E-state index < -0.39 is 27.9 Å². The van der Waals surface area contributed by atoms with E-state index in [-0.39, 0.29) is 21.6 Å². The number of carbonyl (C=O) groups excluding carboxylic acids is 2.